The van der Waals surface area contributed by atoms with E-state index in [9.17, 15) is 9.90 Å². The fourth-order valence-corrected chi connectivity index (χ4v) is 2.97. The van der Waals surface area contributed by atoms with Gasteiger partial charge in [0.2, 0.25) is 5.91 Å². The number of amides is 1. The fraction of sp³-hybridized carbons (Fsp3) is 0.118. The highest BCUT2D eigenvalue weighted by Gasteiger charge is 2.35. The van der Waals surface area contributed by atoms with Crippen LogP contribution in [0.3, 0.4) is 0 Å². The smallest absolute Gasteiger partial charge is 0.244 e. The van der Waals surface area contributed by atoms with E-state index in [2.05, 4.69) is 5.32 Å². The van der Waals surface area contributed by atoms with Crippen LogP contribution in [0.25, 0.3) is 6.08 Å². The number of carbonyl (C=O) groups is 1. The van der Waals surface area contributed by atoms with Gasteiger partial charge in [-0.1, -0.05) is 6.07 Å². The first kappa shape index (κ1) is 15.3. The molecule has 3 aromatic heterocycles. The molecule has 6 heteroatoms. The Balaban J connectivity index is 1.71. The van der Waals surface area contributed by atoms with Gasteiger partial charge in [-0.2, -0.15) is 0 Å². The van der Waals surface area contributed by atoms with Crippen molar-refractivity contribution in [1.82, 2.24) is 5.32 Å². The topological polar surface area (TPSA) is 75.6 Å². The van der Waals surface area contributed by atoms with Crippen LogP contribution in [0.15, 0.2) is 69.4 Å². The highest BCUT2D eigenvalue weighted by molar-refractivity contribution is 7.10. The SMILES string of the molecule is O=C(/C=C/c1ccoc1)NCC(O)(c1ccco1)c1cccs1. The molecule has 1 amide bonds. The predicted molar refractivity (Wildman–Crippen MR) is 86.8 cm³/mol. The highest BCUT2D eigenvalue weighted by Crippen LogP contribution is 2.32. The summed E-state index contributed by atoms with van der Waals surface area (Å²) in [4.78, 5) is 12.7. The van der Waals surface area contributed by atoms with Gasteiger partial charge in [-0.05, 0) is 35.7 Å². The number of nitrogens with one attached hydrogen (secondary N) is 1. The minimum atomic E-state index is -1.39. The second-order valence-corrected chi connectivity index (χ2v) is 5.87. The molecule has 0 spiro atoms. The van der Waals surface area contributed by atoms with Gasteiger partial charge in [-0.25, -0.2) is 0 Å². The van der Waals surface area contributed by atoms with Gasteiger partial charge in [0.25, 0.3) is 0 Å². The van der Waals surface area contributed by atoms with E-state index in [0.29, 0.717) is 10.6 Å². The number of furan rings is 2. The predicted octanol–water partition coefficient (Wildman–Crippen LogP) is 3.00. The zero-order valence-electron chi connectivity index (χ0n) is 12.1. The number of hydrogen-bond donors (Lipinski definition) is 2. The van der Waals surface area contributed by atoms with Crippen molar-refractivity contribution >= 4 is 23.3 Å². The zero-order chi connectivity index (χ0) is 16.1. The number of hydrogen-bond acceptors (Lipinski definition) is 5. The second kappa shape index (κ2) is 6.68. The first-order valence-corrected chi connectivity index (χ1v) is 7.85. The molecule has 5 nitrogen and oxygen atoms in total. The molecule has 3 rings (SSSR count). The van der Waals surface area contributed by atoms with Crippen molar-refractivity contribution in [2.24, 2.45) is 0 Å². The minimum Gasteiger partial charge on any atom is -0.472 e. The molecule has 2 N–H and O–H groups in total. The Morgan fingerprint density at radius 1 is 1.30 bits per heavy atom. The summed E-state index contributed by atoms with van der Waals surface area (Å²) in [6.45, 7) is 0.00951. The summed E-state index contributed by atoms with van der Waals surface area (Å²) in [5.41, 5.74) is -0.601. The van der Waals surface area contributed by atoms with Gasteiger partial charge < -0.3 is 19.3 Å². The Bertz CT molecular complexity index is 724. The van der Waals surface area contributed by atoms with Crippen molar-refractivity contribution in [3.05, 3.63) is 76.8 Å². The van der Waals surface area contributed by atoms with Crippen LogP contribution in [0, 0.1) is 0 Å². The standard InChI is InChI=1S/C17H15NO4S/c19-16(6-5-13-7-9-21-11-13)18-12-17(20,14-3-1-8-22-14)15-4-2-10-23-15/h1-11,20H,12H2,(H,18,19)/b6-5+. The van der Waals surface area contributed by atoms with Gasteiger partial charge in [0.05, 0.1) is 25.3 Å². The summed E-state index contributed by atoms with van der Waals surface area (Å²) >= 11 is 1.40. The Morgan fingerprint density at radius 2 is 2.22 bits per heavy atom. The third kappa shape index (κ3) is 3.44. The second-order valence-electron chi connectivity index (χ2n) is 4.92. The van der Waals surface area contributed by atoms with E-state index in [0.717, 1.165) is 5.56 Å². The van der Waals surface area contributed by atoms with Gasteiger partial charge in [0.15, 0.2) is 5.60 Å². The van der Waals surface area contributed by atoms with Crippen LogP contribution in [0.5, 0.6) is 0 Å². The molecule has 0 fully saturated rings. The summed E-state index contributed by atoms with van der Waals surface area (Å²) in [5.74, 6) is 0.0757. The maximum Gasteiger partial charge on any atom is 0.244 e. The molecule has 1 atom stereocenters. The normalized spacial score (nSPS) is 14.0. The molecule has 0 aliphatic rings. The molecule has 0 radical (unpaired) electrons. The lowest BCUT2D eigenvalue weighted by Gasteiger charge is -2.24. The molecule has 118 valence electrons. The van der Waals surface area contributed by atoms with E-state index in [1.807, 2.05) is 11.4 Å². The third-order valence-electron chi connectivity index (χ3n) is 3.35. The van der Waals surface area contributed by atoms with Crippen LogP contribution in [-0.4, -0.2) is 17.6 Å². The molecule has 0 aromatic carbocycles. The van der Waals surface area contributed by atoms with Crippen LogP contribution >= 0.6 is 11.3 Å². The largest absolute Gasteiger partial charge is 0.472 e. The molecule has 3 aromatic rings. The molecule has 0 saturated carbocycles. The number of carbonyl (C=O) groups excluding carboxylic acids is 1. The Labute approximate surface area is 136 Å². The summed E-state index contributed by atoms with van der Waals surface area (Å²) in [6.07, 6.45) is 7.59. The lowest BCUT2D eigenvalue weighted by molar-refractivity contribution is -0.117. The summed E-state index contributed by atoms with van der Waals surface area (Å²) < 4.78 is 10.3. The van der Waals surface area contributed by atoms with Crippen molar-refractivity contribution in [1.29, 1.82) is 0 Å². The van der Waals surface area contributed by atoms with E-state index >= 15 is 0 Å². The average Bonchev–Trinajstić information content (AvgIpc) is 3.33. The average molecular weight is 329 g/mol. The Kier molecular flexibility index (Phi) is 4.45. The zero-order valence-corrected chi connectivity index (χ0v) is 13.0. The quantitative estimate of drug-likeness (QED) is 0.682. The summed E-state index contributed by atoms with van der Waals surface area (Å²) in [5, 5.41) is 15.6. The third-order valence-corrected chi connectivity index (χ3v) is 4.37. The minimum absolute atomic E-state index is 0.00951. The summed E-state index contributed by atoms with van der Waals surface area (Å²) in [6, 6.07) is 8.78. The van der Waals surface area contributed by atoms with Gasteiger partial charge in [-0.15, -0.1) is 11.3 Å². The summed E-state index contributed by atoms with van der Waals surface area (Å²) in [7, 11) is 0. The van der Waals surface area contributed by atoms with E-state index in [1.54, 1.807) is 30.3 Å². The van der Waals surface area contributed by atoms with Crippen molar-refractivity contribution in [3.63, 3.8) is 0 Å². The molecule has 0 aliphatic carbocycles. The van der Waals surface area contributed by atoms with Gasteiger partial charge >= 0.3 is 0 Å². The van der Waals surface area contributed by atoms with Gasteiger partial charge in [-0.3, -0.25) is 4.79 Å². The Hall–Kier alpha value is -2.57. The van der Waals surface area contributed by atoms with Crippen molar-refractivity contribution in [2.75, 3.05) is 6.54 Å². The number of rotatable bonds is 6. The molecule has 3 heterocycles. The molecular formula is C17H15NO4S. The van der Waals surface area contributed by atoms with Crippen LogP contribution in [0.2, 0.25) is 0 Å². The molecule has 1 unspecified atom stereocenters. The van der Waals surface area contributed by atoms with E-state index in [1.165, 1.54) is 36.2 Å². The van der Waals surface area contributed by atoms with E-state index in [-0.39, 0.29) is 12.5 Å². The molecule has 0 aliphatic heterocycles. The fourth-order valence-electron chi connectivity index (χ4n) is 2.14. The molecule has 23 heavy (non-hydrogen) atoms. The van der Waals surface area contributed by atoms with Crippen LogP contribution in [-0.2, 0) is 10.4 Å². The molecule has 0 bridgehead atoms. The van der Waals surface area contributed by atoms with E-state index in [4.69, 9.17) is 8.83 Å². The van der Waals surface area contributed by atoms with Gasteiger partial charge in [0, 0.05) is 16.5 Å². The number of thiophene rings is 1. The van der Waals surface area contributed by atoms with Crippen LogP contribution < -0.4 is 5.32 Å². The van der Waals surface area contributed by atoms with Crippen molar-refractivity contribution < 1.29 is 18.7 Å². The lowest BCUT2D eigenvalue weighted by atomic mass is 9.98. The lowest BCUT2D eigenvalue weighted by Crippen LogP contribution is -2.40. The Morgan fingerprint density at radius 3 is 2.87 bits per heavy atom. The van der Waals surface area contributed by atoms with Crippen LogP contribution in [0.4, 0.5) is 0 Å². The maximum absolute atomic E-state index is 12.0. The maximum atomic E-state index is 12.0. The number of aliphatic hydroxyl groups is 1. The highest BCUT2D eigenvalue weighted by atomic mass is 32.1. The van der Waals surface area contributed by atoms with E-state index < -0.39 is 5.60 Å². The van der Waals surface area contributed by atoms with Gasteiger partial charge in [0.1, 0.15) is 5.76 Å². The monoisotopic (exact) mass is 329 g/mol. The van der Waals surface area contributed by atoms with Crippen molar-refractivity contribution in [2.45, 2.75) is 5.60 Å². The molecular weight excluding hydrogens is 314 g/mol. The van der Waals surface area contributed by atoms with Crippen LogP contribution in [0.1, 0.15) is 16.2 Å². The van der Waals surface area contributed by atoms with Crippen molar-refractivity contribution in [3.8, 4) is 0 Å². The first-order chi connectivity index (χ1) is 11.2. The first-order valence-electron chi connectivity index (χ1n) is 6.97. The molecule has 0 saturated heterocycles.